The summed E-state index contributed by atoms with van der Waals surface area (Å²) in [4.78, 5) is 0. The summed E-state index contributed by atoms with van der Waals surface area (Å²) < 4.78 is 5.12. The van der Waals surface area contributed by atoms with Crippen LogP contribution in [0.25, 0.3) is 0 Å². The minimum atomic E-state index is -0.0508. The van der Waals surface area contributed by atoms with E-state index in [0.717, 1.165) is 11.3 Å². The lowest BCUT2D eigenvalue weighted by Gasteiger charge is -2.13. The Bertz CT molecular complexity index is 338. The molecule has 0 aliphatic carbocycles. The normalized spacial score (nSPS) is 12.2. The van der Waals surface area contributed by atoms with Crippen molar-refractivity contribution in [3.63, 3.8) is 0 Å². The van der Waals surface area contributed by atoms with Crippen LogP contribution in [0.2, 0.25) is 0 Å². The molecule has 2 nitrogen and oxygen atoms in total. The van der Waals surface area contributed by atoms with Crippen molar-refractivity contribution >= 4 is 0 Å². The zero-order valence-corrected chi connectivity index (χ0v) is 8.82. The van der Waals surface area contributed by atoms with Gasteiger partial charge in [-0.2, -0.15) is 5.26 Å². The monoisotopic (exact) mass is 189 g/mol. The Morgan fingerprint density at radius 2 is 2.07 bits per heavy atom. The molecule has 14 heavy (non-hydrogen) atoms. The average molecular weight is 189 g/mol. The van der Waals surface area contributed by atoms with Crippen LogP contribution in [0.3, 0.4) is 0 Å². The molecule has 0 aliphatic heterocycles. The molecule has 0 radical (unpaired) electrons. The van der Waals surface area contributed by atoms with Crippen molar-refractivity contribution in [3.8, 4) is 11.8 Å². The molecular formula is C12H15NO. The number of benzene rings is 1. The molecule has 1 aromatic carbocycles. The fourth-order valence-corrected chi connectivity index (χ4v) is 1.44. The van der Waals surface area contributed by atoms with Crippen molar-refractivity contribution in [2.75, 3.05) is 7.11 Å². The van der Waals surface area contributed by atoms with Crippen LogP contribution in [-0.4, -0.2) is 7.11 Å². The second-order valence-corrected chi connectivity index (χ2v) is 3.63. The van der Waals surface area contributed by atoms with Crippen molar-refractivity contribution in [2.45, 2.75) is 19.8 Å². The predicted octanol–water partition coefficient (Wildman–Crippen LogP) is 2.96. The van der Waals surface area contributed by atoms with E-state index >= 15 is 0 Å². The first-order valence-electron chi connectivity index (χ1n) is 4.72. The second-order valence-electron chi connectivity index (χ2n) is 3.63. The zero-order valence-electron chi connectivity index (χ0n) is 8.82. The molecule has 1 unspecified atom stereocenters. The third kappa shape index (κ3) is 2.26. The smallest absolute Gasteiger partial charge is 0.119 e. The van der Waals surface area contributed by atoms with Gasteiger partial charge in [0.15, 0.2) is 0 Å². The topological polar surface area (TPSA) is 33.0 Å². The molecule has 0 N–H and O–H groups in total. The molecule has 0 saturated heterocycles. The van der Waals surface area contributed by atoms with E-state index in [2.05, 4.69) is 6.07 Å². The maximum Gasteiger partial charge on any atom is 0.119 e. The van der Waals surface area contributed by atoms with Gasteiger partial charge in [-0.15, -0.1) is 0 Å². The summed E-state index contributed by atoms with van der Waals surface area (Å²) in [5.41, 5.74) is 1.03. The third-order valence-corrected chi connectivity index (χ3v) is 2.26. The first-order chi connectivity index (χ1) is 6.69. The number of nitriles is 1. The largest absolute Gasteiger partial charge is 0.497 e. The van der Waals surface area contributed by atoms with Gasteiger partial charge in [0.2, 0.25) is 0 Å². The highest BCUT2D eigenvalue weighted by Gasteiger charge is 2.14. The lowest BCUT2D eigenvalue weighted by molar-refractivity contribution is 0.413. The van der Waals surface area contributed by atoms with E-state index in [1.807, 2.05) is 38.1 Å². The summed E-state index contributed by atoms with van der Waals surface area (Å²) in [6.07, 6.45) is 0. The van der Waals surface area contributed by atoms with Gasteiger partial charge in [-0.25, -0.2) is 0 Å². The lowest BCUT2D eigenvalue weighted by Crippen LogP contribution is -2.03. The minimum Gasteiger partial charge on any atom is -0.497 e. The molecule has 74 valence electrons. The molecule has 0 amide bonds. The number of ether oxygens (including phenoxy) is 1. The van der Waals surface area contributed by atoms with E-state index < -0.39 is 0 Å². The second kappa shape index (κ2) is 4.66. The van der Waals surface area contributed by atoms with Gasteiger partial charge >= 0.3 is 0 Å². The quantitative estimate of drug-likeness (QED) is 0.732. The molecule has 0 aromatic heterocycles. The van der Waals surface area contributed by atoms with Crippen LogP contribution in [0.1, 0.15) is 25.3 Å². The average Bonchev–Trinajstić information content (AvgIpc) is 2.19. The molecule has 0 heterocycles. The molecule has 0 saturated carbocycles. The highest BCUT2D eigenvalue weighted by molar-refractivity contribution is 5.33. The molecule has 0 fully saturated rings. The van der Waals surface area contributed by atoms with Crippen LogP contribution in [0.5, 0.6) is 5.75 Å². The molecule has 2 heteroatoms. The Kier molecular flexibility index (Phi) is 3.53. The van der Waals surface area contributed by atoms with Crippen molar-refractivity contribution in [1.82, 2.24) is 0 Å². The Morgan fingerprint density at radius 3 is 2.57 bits per heavy atom. The van der Waals surface area contributed by atoms with Crippen LogP contribution >= 0.6 is 0 Å². The highest BCUT2D eigenvalue weighted by Crippen LogP contribution is 2.26. The van der Waals surface area contributed by atoms with Crippen LogP contribution in [0, 0.1) is 17.2 Å². The highest BCUT2D eigenvalue weighted by atomic mass is 16.5. The van der Waals surface area contributed by atoms with E-state index in [1.54, 1.807) is 7.11 Å². The summed E-state index contributed by atoms with van der Waals surface area (Å²) in [6, 6.07) is 10.0. The number of hydrogen-bond acceptors (Lipinski definition) is 2. The SMILES string of the molecule is COc1cccc(C(C#N)C(C)C)c1. The molecule has 1 atom stereocenters. The van der Waals surface area contributed by atoms with Crippen LogP contribution in [0.15, 0.2) is 24.3 Å². The number of rotatable bonds is 3. The van der Waals surface area contributed by atoms with Crippen molar-refractivity contribution in [2.24, 2.45) is 5.92 Å². The standard InChI is InChI=1S/C12H15NO/c1-9(2)12(8-13)10-5-4-6-11(7-10)14-3/h4-7,9,12H,1-3H3. The van der Waals surface area contributed by atoms with Gasteiger partial charge in [0.1, 0.15) is 5.75 Å². The van der Waals surface area contributed by atoms with Gasteiger partial charge in [0.05, 0.1) is 19.1 Å². The van der Waals surface area contributed by atoms with E-state index in [-0.39, 0.29) is 5.92 Å². The van der Waals surface area contributed by atoms with Gasteiger partial charge in [0.25, 0.3) is 0 Å². The maximum absolute atomic E-state index is 9.02. The Labute approximate surface area is 85.1 Å². The van der Waals surface area contributed by atoms with Gasteiger partial charge in [-0.3, -0.25) is 0 Å². The van der Waals surface area contributed by atoms with Gasteiger partial charge in [-0.05, 0) is 23.6 Å². The zero-order chi connectivity index (χ0) is 10.6. The first kappa shape index (κ1) is 10.6. The number of methoxy groups -OCH3 is 1. The molecular weight excluding hydrogens is 174 g/mol. The summed E-state index contributed by atoms with van der Waals surface area (Å²) in [6.45, 7) is 4.10. The van der Waals surface area contributed by atoms with E-state index in [4.69, 9.17) is 10.00 Å². The van der Waals surface area contributed by atoms with E-state index in [0.29, 0.717) is 5.92 Å². The maximum atomic E-state index is 9.02. The van der Waals surface area contributed by atoms with E-state index in [9.17, 15) is 0 Å². The molecule has 0 aliphatic rings. The third-order valence-electron chi connectivity index (χ3n) is 2.26. The van der Waals surface area contributed by atoms with Crippen molar-refractivity contribution < 1.29 is 4.74 Å². The molecule has 0 spiro atoms. The minimum absolute atomic E-state index is 0.0508. The Balaban J connectivity index is 3.00. The van der Waals surface area contributed by atoms with Gasteiger partial charge in [0, 0.05) is 0 Å². The summed E-state index contributed by atoms with van der Waals surface area (Å²) in [5, 5.41) is 9.02. The van der Waals surface area contributed by atoms with Crippen molar-refractivity contribution in [3.05, 3.63) is 29.8 Å². The van der Waals surface area contributed by atoms with Crippen LogP contribution < -0.4 is 4.74 Å². The van der Waals surface area contributed by atoms with Crippen LogP contribution in [-0.2, 0) is 0 Å². The van der Waals surface area contributed by atoms with Crippen molar-refractivity contribution in [1.29, 1.82) is 5.26 Å². The lowest BCUT2D eigenvalue weighted by atomic mass is 9.90. The number of nitrogens with zero attached hydrogens (tertiary/aromatic N) is 1. The van der Waals surface area contributed by atoms with E-state index in [1.165, 1.54) is 0 Å². The Hall–Kier alpha value is -1.49. The molecule has 1 aromatic rings. The molecule has 1 rings (SSSR count). The number of hydrogen-bond donors (Lipinski definition) is 0. The summed E-state index contributed by atoms with van der Waals surface area (Å²) >= 11 is 0. The van der Waals surface area contributed by atoms with Crippen LogP contribution in [0.4, 0.5) is 0 Å². The van der Waals surface area contributed by atoms with Gasteiger partial charge in [-0.1, -0.05) is 26.0 Å². The predicted molar refractivity (Wildman–Crippen MR) is 56.2 cm³/mol. The summed E-state index contributed by atoms with van der Waals surface area (Å²) in [5.74, 6) is 1.08. The Morgan fingerprint density at radius 1 is 1.36 bits per heavy atom. The molecule has 0 bridgehead atoms. The fraction of sp³-hybridized carbons (Fsp3) is 0.417. The summed E-state index contributed by atoms with van der Waals surface area (Å²) in [7, 11) is 1.63. The fourth-order valence-electron chi connectivity index (χ4n) is 1.44. The van der Waals surface area contributed by atoms with Gasteiger partial charge < -0.3 is 4.74 Å². The first-order valence-corrected chi connectivity index (χ1v) is 4.72.